The largest absolute Gasteiger partial charge is 0.456 e. The fourth-order valence-corrected chi connectivity index (χ4v) is 8.61. The molecule has 0 aliphatic heterocycles. The fraction of sp³-hybridized carbons (Fsp3) is 0. The van der Waals surface area contributed by atoms with Crippen LogP contribution in [0, 0.1) is 0 Å². The van der Waals surface area contributed by atoms with Gasteiger partial charge in [0.05, 0.1) is 16.6 Å². The molecule has 0 bridgehead atoms. The number of nitrogens with zero attached hydrogens (tertiary/aromatic N) is 2. The molecular weight excluding hydrogens is 545 g/mol. The van der Waals surface area contributed by atoms with Gasteiger partial charge in [0, 0.05) is 57.9 Å². The molecule has 0 N–H and O–H groups in total. The van der Waals surface area contributed by atoms with Crippen molar-refractivity contribution >= 4 is 103 Å². The van der Waals surface area contributed by atoms with Crippen molar-refractivity contribution in [2.24, 2.45) is 0 Å². The summed E-state index contributed by atoms with van der Waals surface area (Å²) in [6.07, 6.45) is 0. The van der Waals surface area contributed by atoms with E-state index >= 15 is 0 Å². The van der Waals surface area contributed by atoms with Crippen molar-refractivity contribution in [3.63, 3.8) is 0 Å². The molecule has 198 valence electrons. The van der Waals surface area contributed by atoms with E-state index in [4.69, 9.17) is 9.40 Å². The van der Waals surface area contributed by atoms with Crippen LogP contribution in [0.15, 0.2) is 126 Å². The second-order valence-corrected chi connectivity index (χ2v) is 12.6. The highest BCUT2D eigenvalue weighted by molar-refractivity contribution is 7.26. The quantitative estimate of drug-likeness (QED) is 0.198. The number of pyridine rings is 1. The van der Waals surface area contributed by atoms with Crippen LogP contribution in [-0.4, -0.2) is 9.38 Å². The van der Waals surface area contributed by atoms with Crippen molar-refractivity contribution in [2.75, 3.05) is 0 Å². The summed E-state index contributed by atoms with van der Waals surface area (Å²) < 4.78 is 11.3. The molecule has 0 saturated carbocycles. The maximum Gasteiger partial charge on any atom is 0.146 e. The second-order valence-electron chi connectivity index (χ2n) is 11.6. The van der Waals surface area contributed by atoms with E-state index in [-0.39, 0.29) is 0 Å². The number of hydrogen-bond donors (Lipinski definition) is 0. The van der Waals surface area contributed by atoms with Crippen LogP contribution >= 0.6 is 11.3 Å². The van der Waals surface area contributed by atoms with E-state index in [0.29, 0.717) is 0 Å². The van der Waals surface area contributed by atoms with Crippen LogP contribution < -0.4 is 0 Å². The summed E-state index contributed by atoms with van der Waals surface area (Å²) in [5, 5.41) is 11.2. The summed E-state index contributed by atoms with van der Waals surface area (Å²) >= 11 is 1.89. The van der Waals surface area contributed by atoms with Gasteiger partial charge in [-0.3, -0.25) is 4.40 Å². The summed E-state index contributed by atoms with van der Waals surface area (Å²) in [5.74, 6) is 0. The first-order valence-electron chi connectivity index (χ1n) is 14.5. The molecular formula is C39H20N2OS. The first kappa shape index (κ1) is 22.2. The smallest absolute Gasteiger partial charge is 0.146 e. The highest BCUT2D eigenvalue weighted by Gasteiger charge is 2.23. The van der Waals surface area contributed by atoms with Crippen LogP contribution in [0.2, 0.25) is 0 Å². The monoisotopic (exact) mass is 564 g/mol. The van der Waals surface area contributed by atoms with E-state index in [1.54, 1.807) is 0 Å². The number of furan rings is 1. The number of thiophene rings is 1. The third-order valence-electron chi connectivity index (χ3n) is 9.29. The maximum atomic E-state index is 6.26. The molecule has 4 heteroatoms. The van der Waals surface area contributed by atoms with Gasteiger partial charge in [0.1, 0.15) is 16.8 Å². The van der Waals surface area contributed by atoms with E-state index in [1.807, 2.05) is 23.5 Å². The van der Waals surface area contributed by atoms with Crippen LogP contribution in [0.25, 0.3) is 102 Å². The lowest BCUT2D eigenvalue weighted by Crippen LogP contribution is -1.86. The van der Waals surface area contributed by atoms with E-state index in [9.17, 15) is 0 Å². The summed E-state index contributed by atoms with van der Waals surface area (Å²) in [7, 11) is 0. The van der Waals surface area contributed by atoms with Crippen molar-refractivity contribution in [1.29, 1.82) is 0 Å². The highest BCUT2D eigenvalue weighted by atomic mass is 32.1. The lowest BCUT2D eigenvalue weighted by atomic mass is 9.99. The maximum absolute atomic E-state index is 6.26. The zero-order valence-corrected chi connectivity index (χ0v) is 23.6. The molecule has 0 amide bonds. The molecule has 6 aromatic carbocycles. The molecule has 11 rings (SSSR count). The first-order chi connectivity index (χ1) is 21.3. The minimum atomic E-state index is 0.918. The molecule has 0 spiro atoms. The normalized spacial score (nSPS) is 12.7. The molecule has 3 nitrogen and oxygen atoms in total. The first-order valence-corrected chi connectivity index (χ1v) is 15.4. The lowest BCUT2D eigenvalue weighted by molar-refractivity contribution is 0.669. The zero-order chi connectivity index (χ0) is 27.8. The summed E-state index contributed by atoms with van der Waals surface area (Å²) in [6.45, 7) is 0. The Hall–Kier alpha value is -5.45. The SMILES string of the molecule is c1ccc2nc3c(cc2c1)c1cc2c4ccccc4sc2c2c4cc(-c5ccc6c(c5)oc5ccccc56)ccc4n3c12. The van der Waals surface area contributed by atoms with Gasteiger partial charge in [0.25, 0.3) is 0 Å². The van der Waals surface area contributed by atoms with Gasteiger partial charge in [0.15, 0.2) is 0 Å². The summed E-state index contributed by atoms with van der Waals surface area (Å²) in [5.41, 5.74) is 8.67. The van der Waals surface area contributed by atoms with Gasteiger partial charge in [-0.15, -0.1) is 11.3 Å². The topological polar surface area (TPSA) is 30.4 Å². The molecule has 0 unspecified atom stereocenters. The summed E-state index contributed by atoms with van der Waals surface area (Å²) in [4.78, 5) is 5.24. The average molecular weight is 565 g/mol. The Balaban J connectivity index is 1.29. The Kier molecular flexibility index (Phi) is 3.96. The minimum absolute atomic E-state index is 0.918. The van der Waals surface area contributed by atoms with E-state index in [2.05, 4.69) is 114 Å². The lowest BCUT2D eigenvalue weighted by Gasteiger charge is -2.05. The van der Waals surface area contributed by atoms with Gasteiger partial charge in [-0.05, 0) is 65.7 Å². The van der Waals surface area contributed by atoms with Crippen molar-refractivity contribution in [3.8, 4) is 11.1 Å². The Labute approximate surface area is 248 Å². The van der Waals surface area contributed by atoms with Gasteiger partial charge in [-0.2, -0.15) is 0 Å². The van der Waals surface area contributed by atoms with Crippen molar-refractivity contribution < 1.29 is 4.42 Å². The Morgan fingerprint density at radius 1 is 0.558 bits per heavy atom. The minimum Gasteiger partial charge on any atom is -0.456 e. The van der Waals surface area contributed by atoms with Crippen molar-refractivity contribution in [3.05, 3.63) is 121 Å². The molecule has 0 radical (unpaired) electrons. The Morgan fingerprint density at radius 2 is 1.35 bits per heavy atom. The second kappa shape index (κ2) is 7.68. The van der Waals surface area contributed by atoms with Crippen LogP contribution in [0.1, 0.15) is 0 Å². The molecule has 0 aliphatic rings. The number of fused-ring (bicyclic) bond motifs is 14. The molecule has 0 atom stereocenters. The van der Waals surface area contributed by atoms with Crippen molar-refractivity contribution in [2.45, 2.75) is 0 Å². The molecule has 5 heterocycles. The van der Waals surface area contributed by atoms with Crippen LogP contribution in [0.5, 0.6) is 0 Å². The third kappa shape index (κ3) is 2.77. The van der Waals surface area contributed by atoms with E-state index in [1.165, 1.54) is 63.7 Å². The number of hydrogen-bond acceptors (Lipinski definition) is 3. The molecule has 5 aromatic heterocycles. The average Bonchev–Trinajstić information content (AvgIpc) is 3.79. The number of rotatable bonds is 1. The van der Waals surface area contributed by atoms with Gasteiger partial charge >= 0.3 is 0 Å². The van der Waals surface area contributed by atoms with E-state index < -0.39 is 0 Å². The third-order valence-corrected chi connectivity index (χ3v) is 10.5. The fourth-order valence-electron chi connectivity index (χ4n) is 7.37. The number of para-hydroxylation sites is 2. The standard InChI is InChI=1S/C39H20N2OS/c1-4-10-31-23(7-1)18-29-27-20-28-26-9-3-6-12-35(26)43-38(28)36-30-17-21(14-16-32(30)41(37(27)36)39(29)40-31)22-13-15-25-24-8-2-5-11-33(24)42-34(25)19-22/h1-20H. The molecule has 43 heavy (non-hydrogen) atoms. The number of aromatic nitrogens is 2. The molecule has 11 aromatic rings. The van der Waals surface area contributed by atoms with Gasteiger partial charge < -0.3 is 4.42 Å². The molecule has 0 saturated heterocycles. The van der Waals surface area contributed by atoms with E-state index in [0.717, 1.165) is 38.7 Å². The molecule has 0 aliphatic carbocycles. The molecule has 0 fully saturated rings. The predicted molar refractivity (Wildman–Crippen MR) is 182 cm³/mol. The van der Waals surface area contributed by atoms with Gasteiger partial charge in [-0.1, -0.05) is 66.7 Å². The zero-order valence-electron chi connectivity index (χ0n) is 22.8. The van der Waals surface area contributed by atoms with Crippen LogP contribution in [-0.2, 0) is 0 Å². The predicted octanol–water partition coefficient (Wildman–Crippen LogP) is 11.3. The van der Waals surface area contributed by atoms with Gasteiger partial charge in [-0.25, -0.2) is 4.98 Å². The highest BCUT2D eigenvalue weighted by Crippen LogP contribution is 2.48. The Morgan fingerprint density at radius 3 is 2.33 bits per heavy atom. The summed E-state index contributed by atoms with van der Waals surface area (Å²) in [6, 6.07) is 43.7. The van der Waals surface area contributed by atoms with Crippen molar-refractivity contribution in [1.82, 2.24) is 9.38 Å². The van der Waals surface area contributed by atoms with Gasteiger partial charge in [0.2, 0.25) is 0 Å². The Bertz CT molecular complexity index is 2960. The van der Waals surface area contributed by atoms with Crippen LogP contribution in [0.3, 0.4) is 0 Å². The number of benzene rings is 6. The van der Waals surface area contributed by atoms with Crippen LogP contribution in [0.4, 0.5) is 0 Å².